The van der Waals surface area contributed by atoms with Crippen molar-refractivity contribution >= 4 is 28.7 Å². The first-order valence-electron chi connectivity index (χ1n) is 10.5. The number of hydrogen-bond acceptors (Lipinski definition) is 3. The van der Waals surface area contributed by atoms with Gasteiger partial charge in [-0.05, 0) is 36.6 Å². The number of aryl methyl sites for hydroxylation is 1. The summed E-state index contributed by atoms with van der Waals surface area (Å²) in [7, 11) is 1.62. The molecule has 1 unspecified atom stereocenters. The third kappa shape index (κ3) is 3.58. The van der Waals surface area contributed by atoms with Gasteiger partial charge in [0.05, 0.1) is 0 Å². The number of amides is 1. The van der Waals surface area contributed by atoms with Crippen LogP contribution < -0.4 is 5.32 Å². The van der Waals surface area contributed by atoms with Crippen LogP contribution in [0.4, 0.5) is 18.9 Å². The van der Waals surface area contributed by atoms with Gasteiger partial charge >= 0.3 is 6.18 Å². The molecular weight excluding hydrogens is 419 g/mol. The summed E-state index contributed by atoms with van der Waals surface area (Å²) in [6.45, 7) is 0. The predicted molar refractivity (Wildman–Crippen MR) is 117 cm³/mol. The van der Waals surface area contributed by atoms with Crippen LogP contribution in [0, 0.1) is 11.3 Å². The van der Waals surface area contributed by atoms with E-state index >= 15 is 0 Å². The maximum Gasteiger partial charge on any atom is 0.425 e. The van der Waals surface area contributed by atoms with E-state index in [1.807, 2.05) is 0 Å². The van der Waals surface area contributed by atoms with E-state index in [4.69, 9.17) is 5.41 Å². The summed E-state index contributed by atoms with van der Waals surface area (Å²) in [5, 5.41) is 21.9. The first-order valence-corrected chi connectivity index (χ1v) is 10.5. The molecule has 3 aromatic rings. The van der Waals surface area contributed by atoms with E-state index in [1.54, 1.807) is 25.2 Å². The molecule has 1 aromatic heterocycles. The molecule has 2 aromatic carbocycles. The Morgan fingerprint density at radius 2 is 1.88 bits per heavy atom. The van der Waals surface area contributed by atoms with E-state index in [2.05, 4.69) is 5.32 Å². The second-order valence-electron chi connectivity index (χ2n) is 8.30. The number of rotatable bonds is 5. The number of anilines is 1. The maximum atomic E-state index is 14.4. The third-order valence-electron chi connectivity index (χ3n) is 6.31. The Morgan fingerprint density at radius 1 is 1.19 bits per heavy atom. The van der Waals surface area contributed by atoms with Gasteiger partial charge in [0.2, 0.25) is 11.5 Å². The lowest BCUT2D eigenvalue weighted by Gasteiger charge is -2.31. The fourth-order valence-electron chi connectivity index (χ4n) is 4.55. The molecule has 1 amide bonds. The molecule has 1 heterocycles. The molecule has 5 nitrogen and oxygen atoms in total. The van der Waals surface area contributed by atoms with Crippen molar-refractivity contribution in [3.63, 3.8) is 0 Å². The highest BCUT2D eigenvalue weighted by molar-refractivity contribution is 5.98. The molecular formula is C24H24F3N3O2. The highest BCUT2D eigenvalue weighted by atomic mass is 19.4. The zero-order valence-corrected chi connectivity index (χ0v) is 17.5. The van der Waals surface area contributed by atoms with Crippen molar-refractivity contribution in [2.45, 2.75) is 37.5 Å². The van der Waals surface area contributed by atoms with Gasteiger partial charge in [-0.1, -0.05) is 37.1 Å². The van der Waals surface area contributed by atoms with Gasteiger partial charge in [0, 0.05) is 53.1 Å². The van der Waals surface area contributed by atoms with E-state index in [9.17, 15) is 23.1 Å². The number of aliphatic hydroxyl groups is 1. The summed E-state index contributed by atoms with van der Waals surface area (Å²) in [4.78, 5) is 12.5. The van der Waals surface area contributed by atoms with Crippen LogP contribution in [-0.2, 0) is 17.4 Å². The van der Waals surface area contributed by atoms with Crippen molar-refractivity contribution in [1.82, 2.24) is 4.57 Å². The van der Waals surface area contributed by atoms with Gasteiger partial charge in [0.15, 0.2) is 0 Å². The van der Waals surface area contributed by atoms with E-state index in [0.717, 1.165) is 44.0 Å². The summed E-state index contributed by atoms with van der Waals surface area (Å²) in [6, 6.07) is 10.2. The van der Waals surface area contributed by atoms with Crippen LogP contribution in [0.5, 0.6) is 0 Å². The number of carbonyl (C=O) groups excluding carboxylic acids is 1. The number of para-hydroxylation sites is 1. The molecule has 1 aliphatic rings. The summed E-state index contributed by atoms with van der Waals surface area (Å²) in [5.41, 5.74) is -3.10. The highest BCUT2D eigenvalue weighted by Crippen LogP contribution is 2.47. The highest BCUT2D eigenvalue weighted by Gasteiger charge is 2.57. The van der Waals surface area contributed by atoms with Crippen LogP contribution in [-0.4, -0.2) is 28.0 Å². The molecule has 0 radical (unpaired) electrons. The molecule has 8 heteroatoms. The minimum Gasteiger partial charge on any atom is -0.372 e. The van der Waals surface area contributed by atoms with Gasteiger partial charge in [-0.15, -0.1) is 0 Å². The minimum atomic E-state index is -5.02. The fraction of sp³-hybridized carbons (Fsp3) is 0.333. The Hall–Kier alpha value is -3.13. The summed E-state index contributed by atoms with van der Waals surface area (Å²) < 4.78 is 44.7. The fourth-order valence-corrected chi connectivity index (χ4v) is 4.55. The normalized spacial score (nSPS) is 16.8. The smallest absolute Gasteiger partial charge is 0.372 e. The SMILES string of the molecule is Cn1cc(C(O)(c2ccc(NC(=O)C3CCCC3)c(C=N)c2)C(F)(F)F)c2ccccc21. The summed E-state index contributed by atoms with van der Waals surface area (Å²) in [6.07, 6.45) is 0.629. The first kappa shape index (κ1) is 22.1. The molecule has 0 aliphatic heterocycles. The van der Waals surface area contributed by atoms with Crippen molar-refractivity contribution < 1.29 is 23.1 Å². The average Bonchev–Trinajstić information content (AvgIpc) is 3.42. The zero-order valence-electron chi connectivity index (χ0n) is 17.5. The van der Waals surface area contributed by atoms with E-state index in [1.165, 1.54) is 22.9 Å². The monoisotopic (exact) mass is 443 g/mol. The number of nitrogens with one attached hydrogen (secondary N) is 2. The number of aromatic nitrogens is 1. The van der Waals surface area contributed by atoms with Crippen molar-refractivity contribution in [1.29, 1.82) is 5.41 Å². The van der Waals surface area contributed by atoms with Crippen molar-refractivity contribution in [2.75, 3.05) is 5.32 Å². The molecule has 1 aliphatic carbocycles. The quantitative estimate of drug-likeness (QED) is 0.480. The summed E-state index contributed by atoms with van der Waals surface area (Å²) in [5.74, 6) is -0.325. The second-order valence-corrected chi connectivity index (χ2v) is 8.30. The third-order valence-corrected chi connectivity index (χ3v) is 6.31. The molecule has 1 fully saturated rings. The van der Waals surface area contributed by atoms with Crippen LogP contribution in [0.25, 0.3) is 10.9 Å². The van der Waals surface area contributed by atoms with Gasteiger partial charge < -0.3 is 20.4 Å². The van der Waals surface area contributed by atoms with Crippen LogP contribution >= 0.6 is 0 Å². The lowest BCUT2D eigenvalue weighted by molar-refractivity contribution is -0.247. The number of benzene rings is 2. The van der Waals surface area contributed by atoms with E-state index in [0.29, 0.717) is 5.52 Å². The van der Waals surface area contributed by atoms with Gasteiger partial charge in [-0.3, -0.25) is 4.79 Å². The van der Waals surface area contributed by atoms with Crippen molar-refractivity contribution in [2.24, 2.45) is 13.0 Å². The maximum absolute atomic E-state index is 14.4. The van der Waals surface area contributed by atoms with E-state index < -0.39 is 17.3 Å². The molecule has 1 atom stereocenters. The zero-order chi connectivity index (χ0) is 23.1. The molecule has 0 bridgehead atoms. The number of hydrogen-bond donors (Lipinski definition) is 3. The Labute approximate surface area is 183 Å². The average molecular weight is 443 g/mol. The first-order chi connectivity index (χ1) is 15.2. The second kappa shape index (κ2) is 8.09. The number of fused-ring (bicyclic) bond motifs is 1. The van der Waals surface area contributed by atoms with E-state index in [-0.39, 0.29) is 34.0 Å². The van der Waals surface area contributed by atoms with Gasteiger partial charge in [-0.2, -0.15) is 13.2 Å². The van der Waals surface area contributed by atoms with Crippen molar-refractivity contribution in [3.05, 3.63) is 65.4 Å². The Bertz CT molecular complexity index is 1180. The predicted octanol–water partition coefficient (Wildman–Crippen LogP) is 5.10. The Kier molecular flexibility index (Phi) is 5.58. The topological polar surface area (TPSA) is 78.1 Å². The van der Waals surface area contributed by atoms with Gasteiger partial charge in [-0.25, -0.2) is 0 Å². The molecule has 3 N–H and O–H groups in total. The Balaban J connectivity index is 1.80. The van der Waals surface area contributed by atoms with Crippen LogP contribution in [0.3, 0.4) is 0 Å². The lowest BCUT2D eigenvalue weighted by Crippen LogP contribution is -2.43. The largest absolute Gasteiger partial charge is 0.425 e. The number of halogens is 3. The molecule has 32 heavy (non-hydrogen) atoms. The number of carbonyl (C=O) groups is 1. The van der Waals surface area contributed by atoms with Crippen molar-refractivity contribution in [3.8, 4) is 0 Å². The van der Waals surface area contributed by atoms with Crippen LogP contribution in [0.2, 0.25) is 0 Å². The Morgan fingerprint density at radius 3 is 2.53 bits per heavy atom. The van der Waals surface area contributed by atoms with Crippen LogP contribution in [0.15, 0.2) is 48.7 Å². The molecule has 0 spiro atoms. The molecule has 4 rings (SSSR count). The van der Waals surface area contributed by atoms with Gasteiger partial charge in [0.1, 0.15) is 0 Å². The lowest BCUT2D eigenvalue weighted by atomic mass is 9.84. The van der Waals surface area contributed by atoms with Gasteiger partial charge in [0.25, 0.3) is 0 Å². The minimum absolute atomic E-state index is 0.0942. The van der Waals surface area contributed by atoms with Crippen LogP contribution in [0.1, 0.15) is 42.4 Å². The molecule has 0 saturated heterocycles. The number of nitrogens with zero attached hydrogens (tertiary/aromatic N) is 1. The molecule has 168 valence electrons. The number of alkyl halides is 3. The summed E-state index contributed by atoms with van der Waals surface area (Å²) >= 11 is 0. The molecule has 1 saturated carbocycles. The standard InChI is InChI=1S/C24H24F3N3O2/c1-30-14-19(18-8-4-5-9-21(18)30)23(32,24(25,26)27)17-10-11-20(16(12-17)13-28)29-22(31)15-6-2-3-7-15/h4-5,8-15,28,32H,2-3,6-7H2,1H3,(H,29,31).